The van der Waals surface area contributed by atoms with E-state index in [-0.39, 0.29) is 22.9 Å². The van der Waals surface area contributed by atoms with Crippen LogP contribution in [0.1, 0.15) is 15.9 Å². The lowest BCUT2D eigenvalue weighted by Gasteiger charge is -2.11. The van der Waals surface area contributed by atoms with Crippen LogP contribution in [-0.4, -0.2) is 23.3 Å². The smallest absolute Gasteiger partial charge is 0.276 e. The first-order chi connectivity index (χ1) is 12.3. The first kappa shape index (κ1) is 19.7. The fourth-order valence-electron chi connectivity index (χ4n) is 1.95. The highest BCUT2D eigenvalue weighted by Gasteiger charge is 2.15. The van der Waals surface area contributed by atoms with Gasteiger partial charge in [-0.3, -0.25) is 30.6 Å². The number of non-ortho nitro benzene ring substituents is 1. The average Bonchev–Trinajstić information content (AvgIpc) is 2.58. The van der Waals surface area contributed by atoms with Crippen molar-refractivity contribution in [3.05, 3.63) is 67.1 Å². The van der Waals surface area contributed by atoms with Crippen LogP contribution in [0.2, 0.25) is 5.02 Å². The highest BCUT2D eigenvalue weighted by Crippen LogP contribution is 2.23. The monoisotopic (exact) mass is 441 g/mol. The van der Waals surface area contributed by atoms with Gasteiger partial charge in [0.1, 0.15) is 5.75 Å². The minimum absolute atomic E-state index is 0.0118. The van der Waals surface area contributed by atoms with Crippen LogP contribution < -0.4 is 15.6 Å². The highest BCUT2D eigenvalue weighted by molar-refractivity contribution is 9.10. The van der Waals surface area contributed by atoms with Crippen LogP contribution >= 0.6 is 27.5 Å². The number of amides is 2. The van der Waals surface area contributed by atoms with Crippen molar-refractivity contribution in [2.75, 3.05) is 6.61 Å². The molecule has 2 amide bonds. The molecule has 0 radical (unpaired) electrons. The first-order valence-corrected chi connectivity index (χ1v) is 8.37. The van der Waals surface area contributed by atoms with Crippen LogP contribution in [0.5, 0.6) is 5.75 Å². The Labute approximate surface area is 161 Å². The molecule has 0 heterocycles. The van der Waals surface area contributed by atoms with Crippen LogP contribution in [-0.2, 0) is 4.79 Å². The number of carbonyl (C=O) groups excluding carboxylic acids is 2. The standard InChI is InChI=1S/C16H13BrClN3O5/c1-9-6-10(17)2-5-14(9)26-8-15(22)19-20-16(23)12-4-3-11(21(24)25)7-13(12)18/h2-7H,8H2,1H3,(H,19,22)(H,20,23). The van der Waals surface area contributed by atoms with Crippen LogP contribution in [0.3, 0.4) is 0 Å². The maximum Gasteiger partial charge on any atom is 0.276 e. The van der Waals surface area contributed by atoms with E-state index in [0.29, 0.717) is 5.75 Å². The molecule has 0 saturated carbocycles. The number of aryl methyl sites for hydroxylation is 1. The van der Waals surface area contributed by atoms with Gasteiger partial charge in [-0.15, -0.1) is 0 Å². The van der Waals surface area contributed by atoms with Gasteiger partial charge in [0.05, 0.1) is 15.5 Å². The quantitative estimate of drug-likeness (QED) is 0.546. The summed E-state index contributed by atoms with van der Waals surface area (Å²) in [6.45, 7) is 1.52. The van der Waals surface area contributed by atoms with Crippen molar-refractivity contribution in [3.63, 3.8) is 0 Å². The number of rotatable bonds is 5. The van der Waals surface area contributed by atoms with Gasteiger partial charge < -0.3 is 4.74 Å². The Hall–Kier alpha value is -2.65. The summed E-state index contributed by atoms with van der Waals surface area (Å²) in [5.74, 6) is -0.759. The molecule has 0 atom stereocenters. The second-order valence-corrected chi connectivity index (χ2v) is 6.44. The van der Waals surface area contributed by atoms with Crippen molar-refractivity contribution in [3.8, 4) is 5.75 Å². The number of hydrogen-bond donors (Lipinski definition) is 2. The summed E-state index contributed by atoms with van der Waals surface area (Å²) >= 11 is 9.18. The lowest BCUT2D eigenvalue weighted by atomic mass is 10.2. The Balaban J connectivity index is 1.88. The lowest BCUT2D eigenvalue weighted by Crippen LogP contribution is -2.43. The maximum absolute atomic E-state index is 12.0. The number of benzene rings is 2. The summed E-state index contributed by atoms with van der Waals surface area (Å²) in [4.78, 5) is 33.8. The number of nitro groups is 1. The molecule has 2 N–H and O–H groups in total. The zero-order chi connectivity index (χ0) is 19.3. The molecular formula is C16H13BrClN3O5. The van der Waals surface area contributed by atoms with E-state index in [1.54, 1.807) is 12.1 Å². The van der Waals surface area contributed by atoms with Gasteiger partial charge in [0.25, 0.3) is 17.5 Å². The van der Waals surface area contributed by atoms with E-state index < -0.39 is 16.7 Å². The van der Waals surface area contributed by atoms with Gasteiger partial charge in [0.15, 0.2) is 6.61 Å². The number of carbonyl (C=O) groups is 2. The summed E-state index contributed by atoms with van der Waals surface area (Å²) in [7, 11) is 0. The molecule has 0 aliphatic heterocycles. The van der Waals surface area contributed by atoms with Crippen LogP contribution in [0.4, 0.5) is 5.69 Å². The minimum atomic E-state index is -0.710. The Kier molecular flexibility index (Phi) is 6.53. The third-order valence-electron chi connectivity index (χ3n) is 3.22. The number of nitro benzene ring substituents is 1. The molecule has 0 aliphatic rings. The molecule has 0 unspecified atom stereocenters. The molecule has 0 bridgehead atoms. The number of ether oxygens (including phenoxy) is 1. The Morgan fingerprint density at radius 3 is 2.58 bits per heavy atom. The van der Waals surface area contributed by atoms with Crippen LogP contribution in [0.25, 0.3) is 0 Å². The summed E-state index contributed by atoms with van der Waals surface area (Å²) in [6, 6.07) is 8.72. The molecule has 2 aromatic rings. The predicted molar refractivity (Wildman–Crippen MR) is 98.1 cm³/mol. The van der Waals surface area contributed by atoms with Gasteiger partial charge in [-0.2, -0.15) is 0 Å². The van der Waals surface area contributed by atoms with Crippen molar-refractivity contribution >= 4 is 45.0 Å². The SMILES string of the molecule is Cc1cc(Br)ccc1OCC(=O)NNC(=O)c1ccc([N+](=O)[O-])cc1Cl. The van der Waals surface area contributed by atoms with E-state index in [9.17, 15) is 19.7 Å². The van der Waals surface area contributed by atoms with Gasteiger partial charge in [-0.05, 0) is 36.8 Å². The molecule has 0 spiro atoms. The van der Waals surface area contributed by atoms with Crippen molar-refractivity contribution in [2.24, 2.45) is 0 Å². The zero-order valence-corrected chi connectivity index (χ0v) is 15.8. The molecular weight excluding hydrogens is 430 g/mol. The van der Waals surface area contributed by atoms with Crippen molar-refractivity contribution in [1.29, 1.82) is 0 Å². The van der Waals surface area contributed by atoms with Gasteiger partial charge in [-0.1, -0.05) is 27.5 Å². The molecule has 2 aromatic carbocycles. The van der Waals surface area contributed by atoms with Gasteiger partial charge in [-0.25, -0.2) is 0 Å². The van der Waals surface area contributed by atoms with Crippen LogP contribution in [0, 0.1) is 17.0 Å². The second kappa shape index (κ2) is 8.63. The Morgan fingerprint density at radius 1 is 1.23 bits per heavy atom. The van der Waals surface area contributed by atoms with Crippen molar-refractivity contribution < 1.29 is 19.2 Å². The summed E-state index contributed by atoms with van der Waals surface area (Å²) < 4.78 is 6.26. The number of hydrazine groups is 1. The molecule has 8 nitrogen and oxygen atoms in total. The number of hydrogen-bond acceptors (Lipinski definition) is 5. The average molecular weight is 443 g/mol. The van der Waals surface area contributed by atoms with E-state index in [1.165, 1.54) is 6.07 Å². The number of nitrogens with zero attached hydrogens (tertiary/aromatic N) is 1. The summed E-state index contributed by atoms with van der Waals surface area (Å²) in [5, 5.41) is 10.5. The predicted octanol–water partition coefficient (Wildman–Crippen LogP) is 3.16. The van der Waals surface area contributed by atoms with Gasteiger partial charge in [0.2, 0.25) is 0 Å². The topological polar surface area (TPSA) is 111 Å². The van der Waals surface area contributed by atoms with Crippen molar-refractivity contribution in [2.45, 2.75) is 6.92 Å². The molecule has 2 rings (SSSR count). The third-order valence-corrected chi connectivity index (χ3v) is 4.03. The number of halogens is 2. The summed E-state index contributed by atoms with van der Waals surface area (Å²) in [5.41, 5.74) is 4.94. The molecule has 0 aliphatic carbocycles. The van der Waals surface area contributed by atoms with Crippen LogP contribution in [0.15, 0.2) is 40.9 Å². The highest BCUT2D eigenvalue weighted by atomic mass is 79.9. The Morgan fingerprint density at radius 2 is 1.96 bits per heavy atom. The molecule has 26 heavy (non-hydrogen) atoms. The molecule has 10 heteroatoms. The van der Waals surface area contributed by atoms with Gasteiger partial charge >= 0.3 is 0 Å². The first-order valence-electron chi connectivity index (χ1n) is 7.20. The minimum Gasteiger partial charge on any atom is -0.483 e. The van der Waals surface area contributed by atoms with Crippen molar-refractivity contribution in [1.82, 2.24) is 10.9 Å². The zero-order valence-electron chi connectivity index (χ0n) is 13.4. The Bertz CT molecular complexity index is 875. The second-order valence-electron chi connectivity index (χ2n) is 5.12. The van der Waals surface area contributed by atoms with E-state index in [2.05, 4.69) is 26.8 Å². The number of nitrogens with one attached hydrogen (secondary N) is 2. The lowest BCUT2D eigenvalue weighted by molar-refractivity contribution is -0.384. The van der Waals surface area contributed by atoms with E-state index in [1.807, 2.05) is 13.0 Å². The summed E-state index contributed by atoms with van der Waals surface area (Å²) in [6.07, 6.45) is 0. The largest absolute Gasteiger partial charge is 0.483 e. The normalized spacial score (nSPS) is 10.1. The molecule has 0 fully saturated rings. The molecule has 0 saturated heterocycles. The fourth-order valence-corrected chi connectivity index (χ4v) is 2.69. The third kappa shape index (κ3) is 5.17. The maximum atomic E-state index is 12.0. The molecule has 136 valence electrons. The fraction of sp³-hybridized carbons (Fsp3) is 0.125. The van der Waals surface area contributed by atoms with Gasteiger partial charge in [0, 0.05) is 16.6 Å². The molecule has 0 aromatic heterocycles. The van der Waals surface area contributed by atoms with E-state index in [0.717, 1.165) is 22.2 Å². The van der Waals surface area contributed by atoms with E-state index >= 15 is 0 Å². The van der Waals surface area contributed by atoms with E-state index in [4.69, 9.17) is 16.3 Å².